The van der Waals surface area contributed by atoms with Crippen molar-refractivity contribution < 1.29 is 22.7 Å². The van der Waals surface area contributed by atoms with Gasteiger partial charge in [-0.1, -0.05) is 30.3 Å². The van der Waals surface area contributed by atoms with Crippen LogP contribution in [0, 0.1) is 6.92 Å². The number of benzene rings is 4. The summed E-state index contributed by atoms with van der Waals surface area (Å²) in [7, 11) is -2.45. The fourth-order valence-corrected chi connectivity index (χ4v) is 6.65. The fraction of sp³-hybridized carbons (Fsp3) is 0.207. The van der Waals surface area contributed by atoms with Crippen molar-refractivity contribution in [1.82, 2.24) is 0 Å². The van der Waals surface area contributed by atoms with Crippen molar-refractivity contribution in [3.63, 3.8) is 0 Å². The van der Waals surface area contributed by atoms with Crippen molar-refractivity contribution in [2.45, 2.75) is 30.8 Å². The Bertz CT molecular complexity index is 1640. The normalized spacial score (nSPS) is 16.3. The molecule has 7 nitrogen and oxygen atoms in total. The molecule has 0 saturated heterocycles. The van der Waals surface area contributed by atoms with Crippen molar-refractivity contribution in [3.05, 3.63) is 89.5 Å². The third-order valence-corrected chi connectivity index (χ3v) is 8.85. The van der Waals surface area contributed by atoms with E-state index >= 15 is 0 Å². The number of carbonyl (C=O) groups is 1. The Morgan fingerprint density at radius 2 is 1.76 bits per heavy atom. The van der Waals surface area contributed by atoms with Crippen molar-refractivity contribution in [1.29, 1.82) is 0 Å². The Kier molecular flexibility index (Phi) is 5.56. The first-order valence-electron chi connectivity index (χ1n) is 12.1. The summed E-state index contributed by atoms with van der Waals surface area (Å²) in [4.78, 5) is 13.6. The van der Waals surface area contributed by atoms with Gasteiger partial charge in [0.05, 0.1) is 24.2 Å². The van der Waals surface area contributed by atoms with E-state index in [0.29, 0.717) is 22.9 Å². The average Bonchev–Trinajstić information content (AvgIpc) is 3.34. The summed E-state index contributed by atoms with van der Waals surface area (Å²) < 4.78 is 39.9. The monoisotopic (exact) mass is 514 g/mol. The van der Waals surface area contributed by atoms with Crippen molar-refractivity contribution in [3.8, 4) is 11.5 Å². The van der Waals surface area contributed by atoms with Gasteiger partial charge in [-0.25, -0.2) is 8.42 Å². The maximum atomic E-state index is 13.7. The van der Waals surface area contributed by atoms with Crippen LogP contribution in [-0.4, -0.2) is 34.1 Å². The van der Waals surface area contributed by atoms with E-state index in [4.69, 9.17) is 9.47 Å². The zero-order valence-electron chi connectivity index (χ0n) is 20.5. The molecule has 1 amide bonds. The molecule has 1 N–H and O–H groups in total. The van der Waals surface area contributed by atoms with Gasteiger partial charge in [0.1, 0.15) is 11.5 Å². The Hall–Kier alpha value is -4.04. The summed E-state index contributed by atoms with van der Waals surface area (Å²) >= 11 is 0. The molecule has 4 aromatic rings. The number of amides is 1. The Morgan fingerprint density at radius 3 is 2.51 bits per heavy atom. The van der Waals surface area contributed by atoms with Crippen molar-refractivity contribution in [2.24, 2.45) is 0 Å². The van der Waals surface area contributed by atoms with E-state index in [9.17, 15) is 13.2 Å². The molecule has 0 radical (unpaired) electrons. The van der Waals surface area contributed by atoms with Crippen LogP contribution < -0.4 is 19.1 Å². The first-order chi connectivity index (χ1) is 17.8. The number of nitrogens with one attached hydrogen (secondary N) is 1. The molecule has 8 heteroatoms. The summed E-state index contributed by atoms with van der Waals surface area (Å²) in [5.74, 6) is 0.504. The summed E-state index contributed by atoms with van der Waals surface area (Å²) in [6, 6.07) is 21.6. The highest BCUT2D eigenvalue weighted by molar-refractivity contribution is 7.92. The number of hydrogen-bond acceptors (Lipinski definition) is 5. The molecule has 0 bridgehead atoms. The molecule has 37 heavy (non-hydrogen) atoms. The van der Waals surface area contributed by atoms with Crippen LogP contribution in [0.3, 0.4) is 0 Å². The molecule has 0 unspecified atom stereocenters. The quantitative estimate of drug-likeness (QED) is 0.412. The Morgan fingerprint density at radius 1 is 1.00 bits per heavy atom. The number of methoxy groups -OCH3 is 1. The van der Waals surface area contributed by atoms with E-state index in [0.717, 1.165) is 23.8 Å². The lowest BCUT2D eigenvalue weighted by atomic mass is 10.0. The van der Waals surface area contributed by atoms with Crippen LogP contribution in [0.4, 0.5) is 11.4 Å². The van der Waals surface area contributed by atoms with Gasteiger partial charge in [-0.05, 0) is 84.3 Å². The molecule has 4 aromatic carbocycles. The molecule has 1 atom stereocenters. The maximum Gasteiger partial charge on any atom is 0.267 e. The second-order valence-corrected chi connectivity index (χ2v) is 11.3. The topological polar surface area (TPSA) is 84.9 Å². The molecule has 2 aliphatic rings. The van der Waals surface area contributed by atoms with E-state index in [1.807, 2.05) is 31.2 Å². The number of anilines is 2. The first kappa shape index (κ1) is 23.4. The third kappa shape index (κ3) is 3.97. The minimum atomic E-state index is -3.97. The molecule has 0 saturated carbocycles. The lowest BCUT2D eigenvalue weighted by Gasteiger charge is -2.35. The molecular formula is C29H26N2O5S. The standard InChI is InChI=1S/C29H26N2O5S/c1-18-6-15-25-26(16-18)36-27(17-31(25)37(33,34)22-12-10-21(35-2)11-13-22)29(32)30-24-14-9-20-8-7-19-4-3-5-23(24)28(19)20/h3-6,9-16,27H,7-8,17H2,1-2H3,(H,30,32)/t27-/m1/s1. The van der Waals surface area contributed by atoms with Crippen LogP contribution in [0.15, 0.2) is 77.7 Å². The van der Waals surface area contributed by atoms with Gasteiger partial charge in [-0.15, -0.1) is 0 Å². The van der Waals surface area contributed by atoms with Crippen LogP contribution in [0.25, 0.3) is 10.8 Å². The van der Waals surface area contributed by atoms with E-state index in [1.165, 1.54) is 40.1 Å². The number of hydrogen-bond donors (Lipinski definition) is 1. The molecule has 6 rings (SSSR count). The molecule has 1 aliphatic heterocycles. The average molecular weight is 515 g/mol. The number of fused-ring (bicyclic) bond motifs is 1. The Labute approximate surface area is 215 Å². The second kappa shape index (κ2) is 8.81. The smallest absolute Gasteiger partial charge is 0.267 e. The summed E-state index contributed by atoms with van der Waals surface area (Å²) in [6.45, 7) is 1.74. The number of carbonyl (C=O) groups excluding carboxylic acids is 1. The van der Waals surface area contributed by atoms with Crippen molar-refractivity contribution in [2.75, 3.05) is 23.3 Å². The van der Waals surface area contributed by atoms with Crippen LogP contribution >= 0.6 is 0 Å². The maximum absolute atomic E-state index is 13.7. The van der Waals surface area contributed by atoms with Gasteiger partial charge in [0.2, 0.25) is 0 Å². The molecule has 188 valence electrons. The molecule has 1 aliphatic carbocycles. The van der Waals surface area contributed by atoms with E-state index in [-0.39, 0.29) is 11.4 Å². The van der Waals surface area contributed by atoms with Gasteiger partial charge in [0, 0.05) is 11.1 Å². The van der Waals surface area contributed by atoms with Gasteiger partial charge >= 0.3 is 0 Å². The number of aryl methyl sites for hydroxylation is 3. The zero-order valence-corrected chi connectivity index (χ0v) is 21.3. The van der Waals surface area contributed by atoms with Crippen LogP contribution in [0.1, 0.15) is 16.7 Å². The minimum Gasteiger partial charge on any atom is -0.497 e. The number of sulfonamides is 1. The SMILES string of the molecule is COc1ccc(S(=O)(=O)N2C[C@H](C(=O)Nc3ccc4c5c(cccc35)CC4)Oc3cc(C)ccc32)cc1. The molecule has 0 aromatic heterocycles. The molecule has 0 fully saturated rings. The predicted molar refractivity (Wildman–Crippen MR) is 143 cm³/mol. The molecule has 1 heterocycles. The van der Waals surface area contributed by atoms with Crippen LogP contribution in [0.5, 0.6) is 11.5 Å². The van der Waals surface area contributed by atoms with Crippen LogP contribution in [0.2, 0.25) is 0 Å². The lowest BCUT2D eigenvalue weighted by molar-refractivity contribution is -0.122. The highest BCUT2D eigenvalue weighted by Gasteiger charge is 2.38. The summed E-state index contributed by atoms with van der Waals surface area (Å²) in [5.41, 5.74) is 4.54. The van der Waals surface area contributed by atoms with Crippen molar-refractivity contribution >= 4 is 38.1 Å². The number of rotatable bonds is 5. The summed E-state index contributed by atoms with van der Waals surface area (Å²) in [6.07, 6.45) is 0.944. The van der Waals surface area contributed by atoms with E-state index in [1.54, 1.807) is 24.3 Å². The van der Waals surface area contributed by atoms with Crippen LogP contribution in [-0.2, 0) is 27.7 Å². The van der Waals surface area contributed by atoms with Gasteiger partial charge in [0.25, 0.3) is 15.9 Å². The minimum absolute atomic E-state index is 0.105. The highest BCUT2D eigenvalue weighted by Crippen LogP contribution is 2.39. The second-order valence-electron chi connectivity index (χ2n) is 9.39. The van der Waals surface area contributed by atoms with Gasteiger partial charge in [-0.3, -0.25) is 9.10 Å². The van der Waals surface area contributed by atoms with Gasteiger partial charge in [0.15, 0.2) is 6.10 Å². The summed E-state index contributed by atoms with van der Waals surface area (Å²) in [5, 5.41) is 5.18. The zero-order chi connectivity index (χ0) is 25.7. The molecule has 0 spiro atoms. The van der Waals surface area contributed by atoms with Gasteiger partial charge < -0.3 is 14.8 Å². The van der Waals surface area contributed by atoms with Gasteiger partial charge in [-0.2, -0.15) is 0 Å². The highest BCUT2D eigenvalue weighted by atomic mass is 32.2. The number of ether oxygens (including phenoxy) is 2. The number of nitrogens with zero attached hydrogens (tertiary/aromatic N) is 1. The Balaban J connectivity index is 1.35. The fourth-order valence-electron chi connectivity index (χ4n) is 5.17. The van der Waals surface area contributed by atoms with E-state index in [2.05, 4.69) is 17.4 Å². The third-order valence-electron chi connectivity index (χ3n) is 7.06. The predicted octanol–water partition coefficient (Wildman–Crippen LogP) is 4.85. The van der Waals surface area contributed by atoms with E-state index < -0.39 is 22.0 Å². The molecular weight excluding hydrogens is 488 g/mol. The largest absolute Gasteiger partial charge is 0.497 e. The first-order valence-corrected chi connectivity index (χ1v) is 13.6. The lowest BCUT2D eigenvalue weighted by Crippen LogP contribution is -2.48.